The van der Waals surface area contributed by atoms with Gasteiger partial charge in [-0.05, 0) is 49.2 Å². The van der Waals surface area contributed by atoms with Gasteiger partial charge in [0.25, 0.3) is 0 Å². The number of rotatable bonds is 7. The van der Waals surface area contributed by atoms with Gasteiger partial charge in [0.2, 0.25) is 11.2 Å². The second-order valence-electron chi connectivity index (χ2n) is 8.40. The molecule has 0 fully saturated rings. The maximum absolute atomic E-state index is 13.4. The minimum Gasteiger partial charge on any atom is -0.497 e. The first-order valence-corrected chi connectivity index (χ1v) is 11.5. The molecule has 0 unspecified atom stereocenters. The van der Waals surface area contributed by atoms with Gasteiger partial charge in [-0.3, -0.25) is 9.69 Å². The highest BCUT2D eigenvalue weighted by molar-refractivity contribution is 5.83. The van der Waals surface area contributed by atoms with Crippen LogP contribution in [-0.2, 0) is 13.0 Å². The Morgan fingerprint density at radius 1 is 0.971 bits per heavy atom. The fourth-order valence-corrected chi connectivity index (χ4v) is 4.33. The summed E-state index contributed by atoms with van der Waals surface area (Å²) in [7, 11) is 3.27. The Kier molecular flexibility index (Phi) is 6.33. The van der Waals surface area contributed by atoms with Gasteiger partial charge in [-0.15, -0.1) is 0 Å². The lowest BCUT2D eigenvalue weighted by Crippen LogP contribution is -2.34. The number of benzene rings is 3. The fourth-order valence-electron chi connectivity index (χ4n) is 4.33. The molecule has 0 amide bonds. The van der Waals surface area contributed by atoms with Crippen molar-refractivity contribution in [2.75, 3.05) is 27.5 Å². The van der Waals surface area contributed by atoms with E-state index in [9.17, 15) is 4.79 Å². The molecule has 7 nitrogen and oxygen atoms in total. The third-order valence-electron chi connectivity index (χ3n) is 6.18. The maximum Gasteiger partial charge on any atom is 0.235 e. The molecule has 0 atom stereocenters. The van der Waals surface area contributed by atoms with E-state index >= 15 is 0 Å². The molecular weight excluding hydrogens is 446 g/mol. The number of fused-ring (bicyclic) bond motifs is 3. The quantitative estimate of drug-likeness (QED) is 0.360. The molecule has 5 rings (SSSR count). The van der Waals surface area contributed by atoms with E-state index in [0.717, 1.165) is 35.6 Å². The van der Waals surface area contributed by atoms with Gasteiger partial charge in [0.15, 0.2) is 0 Å². The molecule has 0 radical (unpaired) electrons. The van der Waals surface area contributed by atoms with Gasteiger partial charge in [0, 0.05) is 19.2 Å². The topological polar surface area (TPSA) is 70.4 Å². The SMILES string of the molecule is COc1cccc(Oc2c(C)oc3c4c(ccc3c2=O)OCN(CCc2ccccc2OC)C4)c1. The van der Waals surface area contributed by atoms with Gasteiger partial charge in [0.1, 0.15) is 41.1 Å². The predicted octanol–water partition coefficient (Wildman–Crippen LogP) is 5.31. The summed E-state index contributed by atoms with van der Waals surface area (Å²) in [5.74, 6) is 3.32. The summed E-state index contributed by atoms with van der Waals surface area (Å²) in [6.45, 7) is 3.59. The third kappa shape index (κ3) is 4.55. The smallest absolute Gasteiger partial charge is 0.235 e. The molecule has 7 heteroatoms. The summed E-state index contributed by atoms with van der Waals surface area (Å²) in [5.41, 5.74) is 2.31. The highest BCUT2D eigenvalue weighted by Crippen LogP contribution is 2.34. The molecule has 0 bridgehead atoms. The molecule has 0 aliphatic carbocycles. The number of hydrogen-bond donors (Lipinski definition) is 0. The van der Waals surface area contributed by atoms with Crippen molar-refractivity contribution >= 4 is 11.0 Å². The van der Waals surface area contributed by atoms with Crippen molar-refractivity contribution in [2.45, 2.75) is 19.9 Å². The van der Waals surface area contributed by atoms with E-state index in [0.29, 0.717) is 41.5 Å². The molecule has 1 aliphatic rings. The predicted molar refractivity (Wildman–Crippen MR) is 133 cm³/mol. The molecule has 180 valence electrons. The number of nitrogens with zero attached hydrogens (tertiary/aromatic N) is 1. The van der Waals surface area contributed by atoms with Gasteiger partial charge >= 0.3 is 0 Å². The largest absolute Gasteiger partial charge is 0.497 e. The molecule has 0 saturated carbocycles. The molecule has 4 aromatic rings. The van der Waals surface area contributed by atoms with Gasteiger partial charge in [-0.1, -0.05) is 24.3 Å². The van der Waals surface area contributed by atoms with E-state index in [1.54, 1.807) is 45.4 Å². The molecule has 1 aliphatic heterocycles. The first-order chi connectivity index (χ1) is 17.1. The summed E-state index contributed by atoms with van der Waals surface area (Å²) in [5, 5.41) is 0.461. The van der Waals surface area contributed by atoms with E-state index < -0.39 is 0 Å². The van der Waals surface area contributed by atoms with Crippen LogP contribution in [-0.4, -0.2) is 32.4 Å². The Bertz CT molecular complexity index is 1430. The highest BCUT2D eigenvalue weighted by Gasteiger charge is 2.24. The van der Waals surface area contributed by atoms with Crippen LogP contribution < -0.4 is 24.4 Å². The average molecular weight is 474 g/mol. The second-order valence-corrected chi connectivity index (χ2v) is 8.40. The second kappa shape index (κ2) is 9.72. The van der Waals surface area contributed by atoms with Gasteiger partial charge in [-0.25, -0.2) is 0 Å². The van der Waals surface area contributed by atoms with Crippen LogP contribution >= 0.6 is 0 Å². The molecule has 0 N–H and O–H groups in total. The average Bonchev–Trinajstić information content (AvgIpc) is 2.90. The Hall–Kier alpha value is -3.97. The standard InChI is InChI=1S/C28H27NO6/c1-18-27(35-21-9-6-8-20(15-21)31-2)26(30)22-11-12-25-23(28(22)34-18)16-29(17-33-25)14-13-19-7-4-5-10-24(19)32-3/h4-12,15H,13-14,16-17H2,1-3H3. The first kappa shape index (κ1) is 22.8. The van der Waals surface area contributed by atoms with Crippen LogP contribution in [0.4, 0.5) is 0 Å². The van der Waals surface area contributed by atoms with Crippen LogP contribution in [0.5, 0.6) is 28.7 Å². The van der Waals surface area contributed by atoms with Crippen LogP contribution in [0.1, 0.15) is 16.9 Å². The monoisotopic (exact) mass is 473 g/mol. The van der Waals surface area contributed by atoms with Crippen LogP contribution in [0.3, 0.4) is 0 Å². The normalized spacial score (nSPS) is 13.2. The van der Waals surface area contributed by atoms with Crippen molar-refractivity contribution in [2.24, 2.45) is 0 Å². The summed E-state index contributed by atoms with van der Waals surface area (Å²) in [4.78, 5) is 15.6. The lowest BCUT2D eigenvalue weighted by atomic mass is 10.1. The van der Waals surface area contributed by atoms with Crippen molar-refractivity contribution in [3.63, 3.8) is 0 Å². The van der Waals surface area contributed by atoms with Crippen LogP contribution in [0.25, 0.3) is 11.0 Å². The Balaban J connectivity index is 1.43. The van der Waals surface area contributed by atoms with Crippen molar-refractivity contribution in [1.82, 2.24) is 4.90 Å². The van der Waals surface area contributed by atoms with Crippen molar-refractivity contribution in [3.8, 4) is 28.7 Å². The number of para-hydroxylation sites is 1. The van der Waals surface area contributed by atoms with Gasteiger partial charge in [-0.2, -0.15) is 0 Å². The van der Waals surface area contributed by atoms with E-state index in [-0.39, 0.29) is 11.2 Å². The summed E-state index contributed by atoms with van der Waals surface area (Å²) in [6, 6.07) is 18.7. The van der Waals surface area contributed by atoms with Crippen LogP contribution in [0.2, 0.25) is 0 Å². The number of hydrogen-bond acceptors (Lipinski definition) is 7. The summed E-state index contributed by atoms with van der Waals surface area (Å²) in [6.07, 6.45) is 0.814. The van der Waals surface area contributed by atoms with E-state index in [4.69, 9.17) is 23.4 Å². The van der Waals surface area contributed by atoms with Gasteiger partial charge in [0.05, 0.1) is 25.2 Å². The molecular formula is C28H27NO6. The number of ether oxygens (including phenoxy) is 4. The van der Waals surface area contributed by atoms with Gasteiger partial charge < -0.3 is 23.4 Å². The van der Waals surface area contributed by atoms with Crippen LogP contribution in [0, 0.1) is 6.92 Å². The molecule has 0 saturated heterocycles. The van der Waals surface area contributed by atoms with Crippen molar-refractivity contribution < 1.29 is 23.4 Å². The fraction of sp³-hybridized carbons (Fsp3) is 0.250. The lowest BCUT2D eigenvalue weighted by molar-refractivity contribution is 0.0966. The summed E-state index contributed by atoms with van der Waals surface area (Å²) >= 11 is 0. The minimum atomic E-state index is -0.222. The molecule has 3 aromatic carbocycles. The van der Waals surface area contributed by atoms with Crippen molar-refractivity contribution in [1.29, 1.82) is 0 Å². The zero-order chi connectivity index (χ0) is 24.4. The van der Waals surface area contributed by atoms with Crippen LogP contribution in [0.15, 0.2) is 69.9 Å². The lowest BCUT2D eigenvalue weighted by Gasteiger charge is -2.29. The zero-order valence-corrected chi connectivity index (χ0v) is 20.0. The van der Waals surface area contributed by atoms with Crippen molar-refractivity contribution in [3.05, 3.63) is 87.8 Å². The third-order valence-corrected chi connectivity index (χ3v) is 6.18. The van der Waals surface area contributed by atoms with E-state index in [1.807, 2.05) is 30.3 Å². The first-order valence-electron chi connectivity index (χ1n) is 11.5. The molecule has 0 spiro atoms. The maximum atomic E-state index is 13.4. The minimum absolute atomic E-state index is 0.162. The number of methoxy groups -OCH3 is 2. The van der Waals surface area contributed by atoms with E-state index in [2.05, 4.69) is 11.0 Å². The molecule has 2 heterocycles. The molecule has 35 heavy (non-hydrogen) atoms. The summed E-state index contributed by atoms with van der Waals surface area (Å²) < 4.78 is 28.8. The van der Waals surface area contributed by atoms with E-state index in [1.165, 1.54) is 0 Å². The Morgan fingerprint density at radius 3 is 2.63 bits per heavy atom. The molecule has 1 aromatic heterocycles. The Morgan fingerprint density at radius 2 is 1.80 bits per heavy atom. The number of aryl methyl sites for hydroxylation is 1. The Labute approximate surface area is 203 Å². The highest BCUT2D eigenvalue weighted by atomic mass is 16.5. The zero-order valence-electron chi connectivity index (χ0n) is 20.0.